The smallest absolute Gasteiger partial charge is 0.369 e. The molecule has 0 fully saturated rings. The third kappa shape index (κ3) is 10.9. The van der Waals surface area contributed by atoms with Crippen LogP contribution in [0.5, 0.6) is 0 Å². The van der Waals surface area contributed by atoms with Crippen LogP contribution in [-0.4, -0.2) is 50.0 Å². The van der Waals surface area contributed by atoms with Gasteiger partial charge in [0.05, 0.1) is 12.8 Å². The van der Waals surface area contributed by atoms with Crippen molar-refractivity contribution in [2.45, 2.75) is 76.3 Å². The minimum absolute atomic E-state index is 0.0167. The molecule has 0 aromatic heterocycles. The molecule has 3 nitrogen and oxygen atoms in total. The fraction of sp³-hybridized carbons (Fsp3) is 1.00. The number of ether oxygens (including phenoxy) is 3. The molecule has 0 aromatic rings. The van der Waals surface area contributed by atoms with Crippen molar-refractivity contribution < 1.29 is 58.1 Å². The minimum atomic E-state index is -5.23. The molecule has 0 amide bonds. The second-order valence-corrected chi connectivity index (χ2v) is 5.58. The van der Waals surface area contributed by atoms with Crippen LogP contribution in [0.3, 0.4) is 0 Å². The van der Waals surface area contributed by atoms with Gasteiger partial charge in [-0.05, 0) is 12.8 Å². The number of hydrogen-bond donors (Lipinski definition) is 0. The van der Waals surface area contributed by atoms with Gasteiger partial charge in [0.2, 0.25) is 0 Å². The molecule has 164 valence electrons. The zero-order valence-electron chi connectivity index (χ0n) is 14.4. The Balaban J connectivity index is 5.47. The van der Waals surface area contributed by atoms with E-state index < -0.39 is 62.8 Å². The molecule has 27 heavy (non-hydrogen) atoms. The van der Waals surface area contributed by atoms with E-state index in [0.29, 0.717) is 0 Å². The van der Waals surface area contributed by atoms with Gasteiger partial charge in [-0.25, -0.2) is 0 Å². The van der Waals surface area contributed by atoms with Crippen molar-refractivity contribution in [2.24, 2.45) is 0 Å². The highest BCUT2D eigenvalue weighted by Gasteiger charge is 2.58. The van der Waals surface area contributed by atoms with E-state index in [-0.39, 0.29) is 12.8 Å². The van der Waals surface area contributed by atoms with E-state index in [9.17, 15) is 43.9 Å². The van der Waals surface area contributed by atoms with Crippen molar-refractivity contribution in [3.8, 4) is 0 Å². The lowest BCUT2D eigenvalue weighted by Crippen LogP contribution is -2.51. The lowest BCUT2D eigenvalue weighted by molar-refractivity contribution is -0.431. The van der Waals surface area contributed by atoms with E-state index >= 15 is 0 Å². The molecule has 0 aliphatic heterocycles. The summed E-state index contributed by atoms with van der Waals surface area (Å²) in [5.41, 5.74) is 0. The van der Waals surface area contributed by atoms with Crippen LogP contribution in [0, 0.1) is 0 Å². The fourth-order valence-corrected chi connectivity index (χ4v) is 1.80. The summed E-state index contributed by atoms with van der Waals surface area (Å²) in [6, 6.07) is 0. The van der Waals surface area contributed by atoms with E-state index in [2.05, 4.69) is 14.2 Å². The molecule has 0 aliphatic carbocycles. The molecular weight excluding hydrogens is 406 g/mol. The van der Waals surface area contributed by atoms with Crippen LogP contribution in [0.2, 0.25) is 0 Å². The van der Waals surface area contributed by atoms with Crippen LogP contribution in [0.25, 0.3) is 0 Å². The first-order valence-corrected chi connectivity index (χ1v) is 7.86. The molecule has 13 heteroatoms. The first-order chi connectivity index (χ1) is 12.0. The summed E-state index contributed by atoms with van der Waals surface area (Å²) in [6.45, 7) is 1.44. The Morgan fingerprint density at radius 1 is 0.593 bits per heavy atom. The van der Waals surface area contributed by atoms with Gasteiger partial charge in [0.15, 0.2) is 12.2 Å². The monoisotopic (exact) mass is 426 g/mol. The Labute approximate surface area is 148 Å². The quantitative estimate of drug-likeness (QED) is 0.376. The van der Waals surface area contributed by atoms with Gasteiger partial charge in [0.1, 0.15) is 0 Å². The van der Waals surface area contributed by atoms with Crippen LogP contribution in [0.15, 0.2) is 0 Å². The standard InChI is InChI=1S/C14H20F10O3/c1-3-5-25-9(7-11(15,16)17)13(21,22)27-14(23,24)10(26-6-4-2)8-12(18,19)20/h9-10H,3-8H2,1-2H3. The Kier molecular flexibility index (Phi) is 9.79. The number of alkyl halides is 10. The van der Waals surface area contributed by atoms with Crippen molar-refractivity contribution in [1.29, 1.82) is 0 Å². The highest BCUT2D eigenvalue weighted by atomic mass is 19.4. The second-order valence-electron chi connectivity index (χ2n) is 5.58. The molecule has 0 saturated heterocycles. The lowest BCUT2D eigenvalue weighted by atomic mass is 10.2. The molecule has 0 spiro atoms. The molecule has 0 aliphatic rings. The van der Waals surface area contributed by atoms with Crippen molar-refractivity contribution in [2.75, 3.05) is 13.2 Å². The first-order valence-electron chi connectivity index (χ1n) is 7.86. The van der Waals surface area contributed by atoms with E-state index in [0.717, 1.165) is 0 Å². The summed E-state index contributed by atoms with van der Waals surface area (Å²) in [7, 11) is 0. The van der Waals surface area contributed by atoms with Gasteiger partial charge in [-0.15, -0.1) is 0 Å². The van der Waals surface area contributed by atoms with Gasteiger partial charge in [0.25, 0.3) is 0 Å². The molecular formula is C14H20F10O3. The molecule has 2 atom stereocenters. The SMILES string of the molecule is CCCOC(CC(F)(F)F)C(F)(F)OC(F)(F)C(CC(F)(F)F)OCCC. The normalized spacial score (nSPS) is 16.4. The molecule has 2 unspecified atom stereocenters. The van der Waals surface area contributed by atoms with Crippen molar-refractivity contribution in [1.82, 2.24) is 0 Å². The van der Waals surface area contributed by atoms with E-state index in [1.807, 2.05) is 0 Å². The van der Waals surface area contributed by atoms with Gasteiger partial charge in [-0.3, -0.25) is 4.74 Å². The highest BCUT2D eigenvalue weighted by molar-refractivity contribution is 4.79. The van der Waals surface area contributed by atoms with Crippen LogP contribution >= 0.6 is 0 Å². The maximum Gasteiger partial charge on any atom is 0.391 e. The van der Waals surface area contributed by atoms with Crippen molar-refractivity contribution in [3.05, 3.63) is 0 Å². The summed E-state index contributed by atoms with van der Waals surface area (Å²) in [5, 5.41) is 0. The van der Waals surface area contributed by atoms with Crippen LogP contribution in [0.1, 0.15) is 39.5 Å². The van der Waals surface area contributed by atoms with Gasteiger partial charge in [0, 0.05) is 13.2 Å². The topological polar surface area (TPSA) is 27.7 Å². The van der Waals surface area contributed by atoms with Gasteiger partial charge in [-0.1, -0.05) is 13.8 Å². The second kappa shape index (κ2) is 10.1. The Hall–Kier alpha value is -0.820. The third-order valence-corrected chi connectivity index (χ3v) is 2.90. The maximum absolute atomic E-state index is 13.9. The summed E-state index contributed by atoms with van der Waals surface area (Å²) in [5.74, 6) is 0. The predicted molar refractivity (Wildman–Crippen MR) is 72.4 cm³/mol. The number of hydrogen-bond acceptors (Lipinski definition) is 3. The average molecular weight is 426 g/mol. The summed E-state index contributed by atoms with van der Waals surface area (Å²) in [4.78, 5) is 0. The molecule has 0 rings (SSSR count). The zero-order valence-corrected chi connectivity index (χ0v) is 14.4. The largest absolute Gasteiger partial charge is 0.391 e. The molecule has 0 radical (unpaired) electrons. The summed E-state index contributed by atoms with van der Waals surface area (Å²) >= 11 is 0. The Morgan fingerprint density at radius 2 is 0.889 bits per heavy atom. The van der Waals surface area contributed by atoms with Gasteiger partial charge < -0.3 is 9.47 Å². The van der Waals surface area contributed by atoms with Gasteiger partial charge in [-0.2, -0.15) is 43.9 Å². The molecule has 0 saturated carbocycles. The van der Waals surface area contributed by atoms with Gasteiger partial charge >= 0.3 is 24.6 Å². The van der Waals surface area contributed by atoms with Crippen LogP contribution in [0.4, 0.5) is 43.9 Å². The fourth-order valence-electron chi connectivity index (χ4n) is 1.80. The van der Waals surface area contributed by atoms with E-state index in [1.165, 1.54) is 13.8 Å². The maximum atomic E-state index is 13.9. The molecule has 0 heterocycles. The van der Waals surface area contributed by atoms with Crippen molar-refractivity contribution in [3.63, 3.8) is 0 Å². The Morgan fingerprint density at radius 3 is 1.11 bits per heavy atom. The first kappa shape index (κ1) is 26.2. The average Bonchev–Trinajstić information content (AvgIpc) is 2.44. The molecule has 0 aromatic carbocycles. The highest BCUT2D eigenvalue weighted by Crippen LogP contribution is 2.40. The minimum Gasteiger partial charge on any atom is -0.369 e. The number of rotatable bonds is 12. The molecule has 0 N–H and O–H groups in total. The van der Waals surface area contributed by atoms with Crippen molar-refractivity contribution >= 4 is 0 Å². The van der Waals surface area contributed by atoms with E-state index in [4.69, 9.17) is 0 Å². The van der Waals surface area contributed by atoms with Crippen LogP contribution < -0.4 is 0 Å². The third-order valence-electron chi connectivity index (χ3n) is 2.90. The molecule has 0 bridgehead atoms. The predicted octanol–water partition coefficient (Wildman–Crippen LogP) is 5.68. The summed E-state index contributed by atoms with van der Waals surface area (Å²) < 4.78 is 142. The lowest BCUT2D eigenvalue weighted by Gasteiger charge is -2.33. The van der Waals surface area contributed by atoms with Crippen LogP contribution in [-0.2, 0) is 14.2 Å². The zero-order chi connectivity index (χ0) is 21.5. The van der Waals surface area contributed by atoms with E-state index in [1.54, 1.807) is 0 Å². The number of halogens is 10. The summed E-state index contributed by atoms with van der Waals surface area (Å²) in [6.07, 6.45) is -31.9. The Bertz CT molecular complexity index is 384.